The molecular formula is C23H24N8O. The van der Waals surface area contributed by atoms with Gasteiger partial charge in [-0.15, -0.1) is 0 Å². The molecule has 0 atom stereocenters. The number of anilines is 2. The first kappa shape index (κ1) is 20.1. The van der Waals surface area contributed by atoms with Gasteiger partial charge in [0, 0.05) is 68.3 Å². The van der Waals surface area contributed by atoms with E-state index < -0.39 is 0 Å². The molecule has 0 unspecified atom stereocenters. The van der Waals surface area contributed by atoms with Crippen molar-refractivity contribution in [3.63, 3.8) is 0 Å². The van der Waals surface area contributed by atoms with Gasteiger partial charge in [-0.05, 0) is 29.7 Å². The number of azo groups is 1. The van der Waals surface area contributed by atoms with Crippen LogP contribution < -0.4 is 15.5 Å². The Kier molecular flexibility index (Phi) is 5.47. The molecule has 1 aromatic carbocycles. The lowest BCUT2D eigenvalue weighted by Gasteiger charge is -2.28. The van der Waals surface area contributed by atoms with Crippen LogP contribution in [0.2, 0.25) is 0 Å². The Balaban J connectivity index is 1.37. The maximum absolute atomic E-state index is 12.9. The Hall–Kier alpha value is -3.85. The van der Waals surface area contributed by atoms with Crippen LogP contribution in [0.4, 0.5) is 11.6 Å². The molecule has 2 aliphatic rings. The molecule has 0 spiro atoms. The zero-order chi connectivity index (χ0) is 21.9. The molecular weight excluding hydrogens is 404 g/mol. The normalized spacial score (nSPS) is 16.2. The highest BCUT2D eigenvalue weighted by atomic mass is 16.1. The Morgan fingerprint density at radius 2 is 1.94 bits per heavy atom. The number of nitrogens with zero attached hydrogens (tertiary/aromatic N) is 6. The van der Waals surface area contributed by atoms with Gasteiger partial charge in [0.1, 0.15) is 24.0 Å². The molecule has 0 bridgehead atoms. The predicted molar refractivity (Wildman–Crippen MR) is 124 cm³/mol. The number of amides is 1. The molecule has 4 heterocycles. The highest BCUT2D eigenvalue weighted by Crippen LogP contribution is 2.25. The molecule has 3 aromatic rings. The van der Waals surface area contributed by atoms with E-state index in [1.807, 2.05) is 48.5 Å². The zero-order valence-electron chi connectivity index (χ0n) is 17.8. The lowest BCUT2D eigenvalue weighted by molar-refractivity contribution is 0.102. The maximum Gasteiger partial charge on any atom is 0.257 e. The number of aromatic nitrogens is 2. The number of benzene rings is 1. The van der Waals surface area contributed by atoms with E-state index in [-0.39, 0.29) is 5.91 Å². The fraction of sp³-hybridized carbons (Fsp3) is 0.261. The van der Waals surface area contributed by atoms with Gasteiger partial charge in [0.25, 0.3) is 5.91 Å². The van der Waals surface area contributed by atoms with E-state index in [1.165, 1.54) is 0 Å². The van der Waals surface area contributed by atoms with E-state index in [4.69, 9.17) is 0 Å². The van der Waals surface area contributed by atoms with Crippen LogP contribution in [0.5, 0.6) is 0 Å². The number of rotatable bonds is 4. The smallest absolute Gasteiger partial charge is 0.257 e. The van der Waals surface area contributed by atoms with Crippen LogP contribution in [0.15, 0.2) is 65.2 Å². The first-order valence-electron chi connectivity index (χ1n) is 10.6. The Morgan fingerprint density at radius 3 is 2.78 bits per heavy atom. The number of nitrogens with one attached hydrogen (secondary N) is 2. The van der Waals surface area contributed by atoms with Crippen molar-refractivity contribution in [1.29, 1.82) is 0 Å². The van der Waals surface area contributed by atoms with E-state index in [9.17, 15) is 4.79 Å². The monoisotopic (exact) mass is 428 g/mol. The minimum atomic E-state index is -0.211. The fourth-order valence-electron chi connectivity index (χ4n) is 3.80. The van der Waals surface area contributed by atoms with Gasteiger partial charge in [-0.25, -0.2) is 9.97 Å². The second kappa shape index (κ2) is 8.72. The molecule has 1 saturated heterocycles. The molecule has 2 aliphatic heterocycles. The molecule has 162 valence electrons. The lowest BCUT2D eigenvalue weighted by Crippen LogP contribution is -2.43. The summed E-state index contributed by atoms with van der Waals surface area (Å²) in [5.41, 5.74) is 2.33. The highest BCUT2D eigenvalue weighted by molar-refractivity contribution is 6.05. The van der Waals surface area contributed by atoms with E-state index in [2.05, 4.69) is 35.7 Å². The van der Waals surface area contributed by atoms with Crippen molar-refractivity contribution in [2.75, 3.05) is 50.1 Å². The third-order valence-electron chi connectivity index (χ3n) is 5.52. The summed E-state index contributed by atoms with van der Waals surface area (Å²) in [5.74, 6) is 1.10. The molecule has 1 amide bonds. The zero-order valence-corrected chi connectivity index (χ0v) is 17.8. The van der Waals surface area contributed by atoms with Crippen molar-refractivity contribution in [2.45, 2.75) is 0 Å². The number of carbonyl (C=O) groups excluding carboxylic acids is 1. The topological polar surface area (TPSA) is 98.1 Å². The van der Waals surface area contributed by atoms with Gasteiger partial charge in [0.05, 0.1) is 0 Å². The minimum absolute atomic E-state index is 0.211. The van der Waals surface area contributed by atoms with Crippen molar-refractivity contribution in [3.05, 3.63) is 66.1 Å². The summed E-state index contributed by atoms with van der Waals surface area (Å²) in [6.07, 6.45) is 5.41. The van der Waals surface area contributed by atoms with Crippen molar-refractivity contribution in [2.24, 2.45) is 10.2 Å². The maximum atomic E-state index is 12.9. The molecule has 0 radical (unpaired) electrons. The van der Waals surface area contributed by atoms with Gasteiger partial charge in [0.2, 0.25) is 0 Å². The third kappa shape index (κ3) is 4.28. The third-order valence-corrected chi connectivity index (χ3v) is 5.52. The summed E-state index contributed by atoms with van der Waals surface area (Å²) >= 11 is 0. The minimum Gasteiger partial charge on any atom is -0.358 e. The Bertz CT molecular complexity index is 1220. The Labute approximate surface area is 185 Å². The molecule has 9 heteroatoms. The van der Waals surface area contributed by atoms with Crippen LogP contribution in [-0.4, -0.2) is 60.7 Å². The summed E-state index contributed by atoms with van der Waals surface area (Å²) in [6, 6.07) is 11.5. The number of hydrogen-bond acceptors (Lipinski definition) is 8. The van der Waals surface area contributed by atoms with E-state index in [1.54, 1.807) is 18.5 Å². The quantitative estimate of drug-likeness (QED) is 0.663. The molecule has 2 aromatic heterocycles. The highest BCUT2D eigenvalue weighted by Gasteiger charge is 2.15. The standard InChI is InChI=1S/C23H24N8O/c1-30-14-20(29-27-15-30)16-2-3-18-13-26-21(11-19(18)10-16)28-23(32)17-4-5-25-22(12-17)31-8-6-24-7-9-31/h2-5,10-14,24H,6-9,15H2,1H3,(H,26,28,32). The van der Waals surface area contributed by atoms with Crippen LogP contribution in [0.25, 0.3) is 16.5 Å². The molecule has 5 rings (SSSR count). The van der Waals surface area contributed by atoms with Crippen LogP contribution in [0.3, 0.4) is 0 Å². The second-order valence-corrected chi connectivity index (χ2v) is 7.88. The summed E-state index contributed by atoms with van der Waals surface area (Å²) in [5, 5.41) is 16.6. The molecule has 32 heavy (non-hydrogen) atoms. The summed E-state index contributed by atoms with van der Waals surface area (Å²) in [7, 11) is 1.96. The van der Waals surface area contributed by atoms with E-state index in [0.717, 1.165) is 54.0 Å². The predicted octanol–water partition coefficient (Wildman–Crippen LogP) is 2.95. The van der Waals surface area contributed by atoms with Gasteiger partial charge < -0.3 is 20.4 Å². The van der Waals surface area contributed by atoms with Crippen LogP contribution >= 0.6 is 0 Å². The van der Waals surface area contributed by atoms with Gasteiger partial charge in [-0.3, -0.25) is 4.79 Å². The van der Waals surface area contributed by atoms with E-state index >= 15 is 0 Å². The second-order valence-electron chi connectivity index (χ2n) is 7.88. The van der Waals surface area contributed by atoms with Crippen molar-refractivity contribution in [1.82, 2.24) is 20.2 Å². The van der Waals surface area contributed by atoms with Crippen molar-refractivity contribution < 1.29 is 4.79 Å². The number of carbonyl (C=O) groups is 1. The average Bonchev–Trinajstić information content (AvgIpc) is 2.84. The van der Waals surface area contributed by atoms with Crippen LogP contribution in [0, 0.1) is 0 Å². The summed E-state index contributed by atoms with van der Waals surface area (Å²) in [6.45, 7) is 4.13. The number of pyridine rings is 2. The molecule has 0 saturated carbocycles. The summed E-state index contributed by atoms with van der Waals surface area (Å²) < 4.78 is 0. The number of piperazine rings is 1. The fourth-order valence-corrected chi connectivity index (χ4v) is 3.80. The van der Waals surface area contributed by atoms with Crippen molar-refractivity contribution in [3.8, 4) is 0 Å². The van der Waals surface area contributed by atoms with Crippen molar-refractivity contribution >= 4 is 34.0 Å². The average molecular weight is 429 g/mol. The van der Waals surface area contributed by atoms with E-state index in [0.29, 0.717) is 18.1 Å². The lowest BCUT2D eigenvalue weighted by atomic mass is 10.1. The van der Waals surface area contributed by atoms with Gasteiger partial charge >= 0.3 is 0 Å². The van der Waals surface area contributed by atoms with Crippen LogP contribution in [-0.2, 0) is 0 Å². The SMILES string of the molecule is CN1C=C(c2ccc3cnc(NC(=O)c4ccnc(N5CCNCC5)c4)cc3c2)N=NC1. The largest absolute Gasteiger partial charge is 0.358 e. The van der Waals surface area contributed by atoms with Crippen LogP contribution in [0.1, 0.15) is 15.9 Å². The first-order valence-corrected chi connectivity index (χ1v) is 10.6. The van der Waals surface area contributed by atoms with Gasteiger partial charge in [-0.1, -0.05) is 12.1 Å². The number of fused-ring (bicyclic) bond motifs is 1. The molecule has 0 aliphatic carbocycles. The molecule has 1 fully saturated rings. The molecule has 9 nitrogen and oxygen atoms in total. The first-order chi connectivity index (χ1) is 15.7. The molecule has 2 N–H and O–H groups in total. The van der Waals surface area contributed by atoms with Gasteiger partial charge in [0.15, 0.2) is 0 Å². The van der Waals surface area contributed by atoms with Gasteiger partial charge in [-0.2, -0.15) is 10.2 Å². The Morgan fingerprint density at radius 1 is 1.06 bits per heavy atom. The number of hydrogen-bond donors (Lipinski definition) is 2. The summed E-state index contributed by atoms with van der Waals surface area (Å²) in [4.78, 5) is 25.9.